The zero-order valence-corrected chi connectivity index (χ0v) is 11.9. The van der Waals surface area contributed by atoms with E-state index in [0.29, 0.717) is 5.56 Å². The lowest BCUT2D eigenvalue weighted by molar-refractivity contribution is 0.119. The van der Waals surface area contributed by atoms with Crippen LogP contribution in [0.25, 0.3) is 0 Å². The molecule has 0 heterocycles. The van der Waals surface area contributed by atoms with Crippen LogP contribution in [0.2, 0.25) is 0 Å². The van der Waals surface area contributed by atoms with Gasteiger partial charge in [0.05, 0.1) is 6.10 Å². The van der Waals surface area contributed by atoms with Crippen LogP contribution >= 0.6 is 11.6 Å². The highest BCUT2D eigenvalue weighted by Crippen LogP contribution is 2.32. The van der Waals surface area contributed by atoms with Gasteiger partial charge in [-0.25, -0.2) is 8.78 Å². The minimum absolute atomic E-state index is 0.0753. The highest BCUT2D eigenvalue weighted by atomic mass is 35.5. The molecule has 1 aromatic rings. The van der Waals surface area contributed by atoms with E-state index in [2.05, 4.69) is 6.92 Å². The Morgan fingerprint density at radius 2 is 1.74 bits per heavy atom. The number of alkyl halides is 1. The molecule has 0 N–H and O–H groups in total. The number of benzene rings is 1. The van der Waals surface area contributed by atoms with Crippen molar-refractivity contribution in [2.75, 3.05) is 0 Å². The minimum atomic E-state index is -0.659. The quantitative estimate of drug-likeness (QED) is 0.704. The van der Waals surface area contributed by atoms with Gasteiger partial charge < -0.3 is 4.74 Å². The molecule has 0 aromatic heterocycles. The molecule has 2 rings (SSSR count). The Hall–Kier alpha value is -0.830. The first-order chi connectivity index (χ1) is 9.13. The highest BCUT2D eigenvalue weighted by Gasteiger charge is 2.23. The molecule has 0 unspecified atom stereocenters. The smallest absolute Gasteiger partial charge is 0.191 e. The Morgan fingerprint density at radius 3 is 2.21 bits per heavy atom. The monoisotopic (exact) mass is 288 g/mol. The molecule has 0 radical (unpaired) electrons. The third-order valence-corrected chi connectivity index (χ3v) is 4.18. The molecule has 1 nitrogen and oxygen atoms in total. The second-order valence-electron chi connectivity index (χ2n) is 5.19. The van der Waals surface area contributed by atoms with Gasteiger partial charge in [-0.2, -0.15) is 0 Å². The highest BCUT2D eigenvalue weighted by molar-refractivity contribution is 6.17. The summed E-state index contributed by atoms with van der Waals surface area (Å²) < 4.78 is 33.1. The zero-order chi connectivity index (χ0) is 13.8. The molecule has 0 saturated heterocycles. The molecule has 0 bridgehead atoms. The van der Waals surface area contributed by atoms with E-state index >= 15 is 0 Å². The summed E-state index contributed by atoms with van der Waals surface area (Å²) in [6, 6.07) is 2.48. The lowest BCUT2D eigenvalue weighted by atomic mass is 9.86. The predicted octanol–water partition coefficient (Wildman–Crippen LogP) is 5.05. The van der Waals surface area contributed by atoms with Crippen LogP contribution in [0.15, 0.2) is 12.1 Å². The summed E-state index contributed by atoms with van der Waals surface area (Å²) in [5.41, 5.74) is 0.429. The number of rotatable bonds is 4. The van der Waals surface area contributed by atoms with E-state index in [-0.39, 0.29) is 17.7 Å². The maximum absolute atomic E-state index is 13.8. The maximum atomic E-state index is 13.8. The van der Waals surface area contributed by atoms with E-state index < -0.39 is 11.6 Å². The second kappa shape index (κ2) is 6.56. The lowest BCUT2D eigenvalue weighted by Crippen LogP contribution is -2.24. The Morgan fingerprint density at radius 1 is 1.16 bits per heavy atom. The zero-order valence-electron chi connectivity index (χ0n) is 11.1. The van der Waals surface area contributed by atoms with Gasteiger partial charge in [-0.3, -0.25) is 0 Å². The summed E-state index contributed by atoms with van der Waals surface area (Å²) >= 11 is 5.57. The lowest BCUT2D eigenvalue weighted by Gasteiger charge is -2.28. The molecule has 1 saturated carbocycles. The SMILES string of the molecule is CCC1CCC(Oc2c(F)cc(CCl)cc2F)CC1. The van der Waals surface area contributed by atoms with Crippen LogP contribution in [0.5, 0.6) is 5.75 Å². The molecular weight excluding hydrogens is 270 g/mol. The molecule has 1 aliphatic rings. The van der Waals surface area contributed by atoms with Crippen molar-refractivity contribution in [1.29, 1.82) is 0 Å². The van der Waals surface area contributed by atoms with Crippen molar-refractivity contribution in [2.45, 2.75) is 51.0 Å². The van der Waals surface area contributed by atoms with Crippen LogP contribution in [0.1, 0.15) is 44.6 Å². The maximum Gasteiger partial charge on any atom is 0.191 e. The third kappa shape index (κ3) is 3.59. The van der Waals surface area contributed by atoms with Gasteiger partial charge in [0.15, 0.2) is 17.4 Å². The van der Waals surface area contributed by atoms with Crippen molar-refractivity contribution in [3.63, 3.8) is 0 Å². The molecule has 4 heteroatoms. The van der Waals surface area contributed by atoms with Gasteiger partial charge in [-0.1, -0.05) is 13.3 Å². The summed E-state index contributed by atoms with van der Waals surface area (Å²) in [6.45, 7) is 2.18. The molecule has 1 aliphatic carbocycles. The van der Waals surface area contributed by atoms with Crippen molar-refractivity contribution in [1.82, 2.24) is 0 Å². The average molecular weight is 289 g/mol. The molecule has 106 valence electrons. The predicted molar refractivity (Wildman–Crippen MR) is 72.6 cm³/mol. The summed E-state index contributed by atoms with van der Waals surface area (Å²) in [5.74, 6) is -0.751. The summed E-state index contributed by atoms with van der Waals surface area (Å²) in [7, 11) is 0. The van der Waals surface area contributed by atoms with Crippen LogP contribution in [-0.2, 0) is 5.88 Å². The van der Waals surface area contributed by atoms with Gasteiger partial charge >= 0.3 is 0 Å². The number of ether oxygens (including phenoxy) is 1. The largest absolute Gasteiger partial charge is 0.484 e. The fourth-order valence-corrected chi connectivity index (χ4v) is 2.78. The first-order valence-corrected chi connectivity index (χ1v) is 7.38. The molecular formula is C15H19ClF2O. The van der Waals surface area contributed by atoms with Gasteiger partial charge in [0.1, 0.15) is 0 Å². The van der Waals surface area contributed by atoms with Crippen molar-refractivity contribution >= 4 is 11.6 Å². The normalized spacial score (nSPS) is 23.4. The van der Waals surface area contributed by atoms with E-state index in [4.69, 9.17) is 16.3 Å². The van der Waals surface area contributed by atoms with Crippen molar-refractivity contribution < 1.29 is 13.5 Å². The minimum Gasteiger partial charge on any atom is -0.484 e. The van der Waals surface area contributed by atoms with Gasteiger partial charge in [0.25, 0.3) is 0 Å². The fourth-order valence-electron chi connectivity index (χ4n) is 2.63. The second-order valence-corrected chi connectivity index (χ2v) is 5.46. The van der Waals surface area contributed by atoms with Crippen LogP contribution in [0, 0.1) is 17.6 Å². The van der Waals surface area contributed by atoms with Gasteiger partial charge in [0.2, 0.25) is 0 Å². The van der Waals surface area contributed by atoms with Crippen molar-refractivity contribution in [2.24, 2.45) is 5.92 Å². The molecule has 1 aromatic carbocycles. The standard InChI is InChI=1S/C15H19ClF2O/c1-2-10-3-5-12(6-4-10)19-15-13(17)7-11(9-16)8-14(15)18/h7-8,10,12H,2-6,9H2,1H3. The van der Waals surface area contributed by atoms with E-state index in [1.165, 1.54) is 18.6 Å². The van der Waals surface area contributed by atoms with E-state index in [0.717, 1.165) is 31.6 Å². The van der Waals surface area contributed by atoms with Crippen LogP contribution in [-0.4, -0.2) is 6.10 Å². The molecule has 0 spiro atoms. The van der Waals surface area contributed by atoms with Crippen molar-refractivity contribution in [3.05, 3.63) is 29.3 Å². The van der Waals surface area contributed by atoms with Crippen LogP contribution in [0.3, 0.4) is 0 Å². The summed E-state index contributed by atoms with van der Waals surface area (Å²) in [4.78, 5) is 0. The molecule has 1 fully saturated rings. The molecule has 0 atom stereocenters. The Labute approximate surface area is 117 Å². The Balaban J connectivity index is 2.03. The first-order valence-electron chi connectivity index (χ1n) is 6.84. The van der Waals surface area contributed by atoms with Crippen LogP contribution in [0.4, 0.5) is 8.78 Å². The van der Waals surface area contributed by atoms with E-state index in [9.17, 15) is 8.78 Å². The topological polar surface area (TPSA) is 9.23 Å². The Bertz CT molecular complexity index is 405. The van der Waals surface area contributed by atoms with Gasteiger partial charge in [-0.15, -0.1) is 11.6 Å². The average Bonchev–Trinajstić information content (AvgIpc) is 2.43. The first kappa shape index (κ1) is 14.6. The van der Waals surface area contributed by atoms with Gasteiger partial charge in [0, 0.05) is 5.88 Å². The fraction of sp³-hybridized carbons (Fsp3) is 0.600. The summed E-state index contributed by atoms with van der Waals surface area (Å²) in [5, 5.41) is 0. The number of hydrogen-bond acceptors (Lipinski definition) is 1. The number of hydrogen-bond donors (Lipinski definition) is 0. The summed E-state index contributed by atoms with van der Waals surface area (Å²) in [6.07, 6.45) is 4.98. The third-order valence-electron chi connectivity index (χ3n) is 3.87. The molecule has 19 heavy (non-hydrogen) atoms. The van der Waals surface area contributed by atoms with Gasteiger partial charge in [-0.05, 0) is 49.3 Å². The molecule has 0 amide bonds. The molecule has 0 aliphatic heterocycles. The van der Waals surface area contributed by atoms with Crippen molar-refractivity contribution in [3.8, 4) is 5.75 Å². The Kier molecular flexibility index (Phi) is 5.03. The van der Waals surface area contributed by atoms with E-state index in [1.54, 1.807) is 0 Å². The van der Waals surface area contributed by atoms with E-state index in [1.807, 2.05) is 0 Å². The van der Waals surface area contributed by atoms with Crippen LogP contribution < -0.4 is 4.74 Å². The number of halogens is 3.